The fourth-order valence-electron chi connectivity index (χ4n) is 1.66. The van der Waals surface area contributed by atoms with E-state index in [1.54, 1.807) is 0 Å². The zero-order chi connectivity index (χ0) is 11.0. The lowest BCUT2D eigenvalue weighted by Crippen LogP contribution is -2.54. The van der Waals surface area contributed by atoms with E-state index in [1.165, 1.54) is 5.54 Å². The first kappa shape index (κ1) is 12.8. The highest BCUT2D eigenvalue weighted by Crippen LogP contribution is 2.42. The molecule has 0 N–H and O–H groups in total. The standard InChI is InChI=1S/C10H15BrCl2O/c1-9(2)7(11)6-8(13)10(3,14-9)4-5-12/h4-5,7-8H,6H2,1-3H3/b5-4+/t7-,8+,10+/m0/s1. The van der Waals surface area contributed by atoms with Gasteiger partial charge in [-0.1, -0.05) is 27.5 Å². The van der Waals surface area contributed by atoms with Gasteiger partial charge < -0.3 is 4.74 Å². The van der Waals surface area contributed by atoms with Crippen molar-refractivity contribution in [1.29, 1.82) is 0 Å². The van der Waals surface area contributed by atoms with Crippen molar-refractivity contribution in [2.45, 2.75) is 48.6 Å². The maximum Gasteiger partial charge on any atom is 0.102 e. The quantitative estimate of drug-likeness (QED) is 0.664. The predicted molar refractivity (Wildman–Crippen MR) is 65.5 cm³/mol. The summed E-state index contributed by atoms with van der Waals surface area (Å²) in [6.07, 6.45) is 2.68. The summed E-state index contributed by atoms with van der Waals surface area (Å²) in [5, 5.41) is -0.0603. The van der Waals surface area contributed by atoms with Gasteiger partial charge in [0.25, 0.3) is 0 Å². The summed E-state index contributed by atoms with van der Waals surface area (Å²) < 4.78 is 5.98. The molecule has 0 aromatic carbocycles. The highest BCUT2D eigenvalue weighted by atomic mass is 79.9. The van der Waals surface area contributed by atoms with Gasteiger partial charge >= 0.3 is 0 Å². The first-order valence-corrected chi connectivity index (χ1v) is 6.37. The Morgan fingerprint density at radius 3 is 2.50 bits per heavy atom. The Bertz CT molecular complexity index is 242. The molecule has 1 fully saturated rings. The second kappa shape index (κ2) is 4.32. The van der Waals surface area contributed by atoms with Gasteiger partial charge in [0.15, 0.2) is 0 Å². The van der Waals surface area contributed by atoms with Gasteiger partial charge in [-0.05, 0) is 33.3 Å². The molecular weight excluding hydrogens is 287 g/mol. The first-order chi connectivity index (χ1) is 6.32. The number of ether oxygens (including phenoxy) is 1. The van der Waals surface area contributed by atoms with Gasteiger partial charge in [-0.15, -0.1) is 11.6 Å². The molecule has 0 unspecified atom stereocenters. The zero-order valence-corrected chi connectivity index (χ0v) is 11.7. The molecule has 0 saturated carbocycles. The molecular formula is C10H15BrCl2O. The molecule has 4 heteroatoms. The van der Waals surface area contributed by atoms with E-state index in [-0.39, 0.29) is 15.8 Å². The van der Waals surface area contributed by atoms with Crippen LogP contribution in [0.2, 0.25) is 0 Å². The molecule has 0 aromatic rings. The minimum Gasteiger partial charge on any atom is -0.363 e. The van der Waals surface area contributed by atoms with Crippen molar-refractivity contribution in [3.63, 3.8) is 0 Å². The van der Waals surface area contributed by atoms with Crippen molar-refractivity contribution in [1.82, 2.24) is 0 Å². The summed E-state index contributed by atoms with van der Waals surface area (Å²) in [5.41, 5.74) is 0.771. The number of rotatable bonds is 1. The van der Waals surface area contributed by atoms with E-state index >= 15 is 0 Å². The molecule has 1 rings (SSSR count). The largest absolute Gasteiger partial charge is 0.363 e. The smallest absolute Gasteiger partial charge is 0.102 e. The van der Waals surface area contributed by atoms with Crippen molar-refractivity contribution in [3.8, 4) is 0 Å². The minimum absolute atomic E-state index is 0.0603. The van der Waals surface area contributed by atoms with Crippen LogP contribution in [0.4, 0.5) is 0 Å². The van der Waals surface area contributed by atoms with E-state index < -0.39 is 5.60 Å². The summed E-state index contributed by atoms with van der Waals surface area (Å²) in [6, 6.07) is 0. The fourth-order valence-corrected chi connectivity index (χ4v) is 2.89. The Hall–Kier alpha value is 0.760. The van der Waals surface area contributed by atoms with Crippen LogP contribution in [0.25, 0.3) is 0 Å². The molecule has 0 aliphatic carbocycles. The van der Waals surface area contributed by atoms with Crippen LogP contribution in [-0.4, -0.2) is 21.4 Å². The van der Waals surface area contributed by atoms with E-state index in [0.29, 0.717) is 0 Å². The van der Waals surface area contributed by atoms with Crippen LogP contribution in [0, 0.1) is 0 Å². The van der Waals surface area contributed by atoms with E-state index in [2.05, 4.69) is 29.8 Å². The molecule has 0 amide bonds. The topological polar surface area (TPSA) is 9.23 Å². The molecule has 1 aliphatic heterocycles. The third-order valence-corrected chi connectivity index (χ3v) is 4.88. The van der Waals surface area contributed by atoms with Crippen molar-refractivity contribution in [3.05, 3.63) is 11.6 Å². The fraction of sp³-hybridized carbons (Fsp3) is 0.800. The molecule has 1 heterocycles. The van der Waals surface area contributed by atoms with Gasteiger partial charge in [0, 0.05) is 10.4 Å². The zero-order valence-electron chi connectivity index (χ0n) is 8.56. The Balaban J connectivity index is 2.89. The average Bonchev–Trinajstić information content (AvgIpc) is 2.01. The van der Waals surface area contributed by atoms with Crippen LogP contribution < -0.4 is 0 Å². The molecule has 1 nitrogen and oxygen atoms in total. The summed E-state index contributed by atoms with van der Waals surface area (Å²) in [5.74, 6) is 0. The van der Waals surface area contributed by atoms with Crippen LogP contribution >= 0.6 is 39.1 Å². The van der Waals surface area contributed by atoms with Crippen LogP contribution in [0.15, 0.2) is 11.6 Å². The summed E-state index contributed by atoms with van der Waals surface area (Å²) in [4.78, 5) is 0.273. The molecule has 0 bridgehead atoms. The lowest BCUT2D eigenvalue weighted by molar-refractivity contribution is -0.131. The number of hydrogen-bond acceptors (Lipinski definition) is 1. The molecule has 1 aliphatic rings. The number of hydrogen-bond donors (Lipinski definition) is 0. The van der Waals surface area contributed by atoms with E-state index in [1.807, 2.05) is 13.0 Å². The summed E-state index contributed by atoms with van der Waals surface area (Å²) >= 11 is 15.4. The van der Waals surface area contributed by atoms with Crippen molar-refractivity contribution >= 4 is 39.1 Å². The average molecular weight is 302 g/mol. The van der Waals surface area contributed by atoms with Gasteiger partial charge in [-0.25, -0.2) is 0 Å². The van der Waals surface area contributed by atoms with Crippen LogP contribution in [0.1, 0.15) is 27.2 Å². The van der Waals surface area contributed by atoms with E-state index in [4.69, 9.17) is 27.9 Å². The molecule has 3 atom stereocenters. The second-order valence-corrected chi connectivity index (χ2v) is 6.24. The normalized spacial score (nSPS) is 43.0. The van der Waals surface area contributed by atoms with Crippen LogP contribution in [-0.2, 0) is 4.74 Å². The van der Waals surface area contributed by atoms with Crippen LogP contribution in [0.5, 0.6) is 0 Å². The predicted octanol–water partition coefficient (Wildman–Crippen LogP) is 4.07. The Morgan fingerprint density at radius 1 is 1.43 bits per heavy atom. The highest BCUT2D eigenvalue weighted by molar-refractivity contribution is 9.09. The number of alkyl halides is 2. The maximum atomic E-state index is 6.26. The minimum atomic E-state index is -0.475. The van der Waals surface area contributed by atoms with Crippen LogP contribution in [0.3, 0.4) is 0 Å². The van der Waals surface area contributed by atoms with Gasteiger partial charge in [0.05, 0.1) is 11.0 Å². The Labute approximate surface area is 104 Å². The first-order valence-electron chi connectivity index (χ1n) is 4.58. The molecule has 14 heavy (non-hydrogen) atoms. The molecule has 82 valence electrons. The maximum absolute atomic E-state index is 6.26. The monoisotopic (exact) mass is 300 g/mol. The van der Waals surface area contributed by atoms with Crippen molar-refractivity contribution in [2.24, 2.45) is 0 Å². The van der Waals surface area contributed by atoms with Gasteiger partial charge in [0.2, 0.25) is 0 Å². The lowest BCUT2D eigenvalue weighted by Gasteiger charge is -2.47. The molecule has 1 saturated heterocycles. The summed E-state index contributed by atoms with van der Waals surface area (Å²) in [7, 11) is 0. The second-order valence-electron chi connectivity index (χ2n) is 4.35. The van der Waals surface area contributed by atoms with E-state index in [9.17, 15) is 0 Å². The van der Waals surface area contributed by atoms with E-state index in [0.717, 1.165) is 6.42 Å². The Morgan fingerprint density at radius 2 is 2.00 bits per heavy atom. The SMILES string of the molecule is CC1(C)O[C@](C)(/C=C/Cl)[C@H](Cl)C[C@@H]1Br. The molecule has 0 radical (unpaired) electrons. The lowest BCUT2D eigenvalue weighted by atomic mass is 9.87. The summed E-state index contributed by atoms with van der Waals surface area (Å²) in [6.45, 7) is 6.06. The molecule has 0 spiro atoms. The third kappa shape index (κ3) is 2.46. The van der Waals surface area contributed by atoms with Gasteiger partial charge in [0.1, 0.15) is 5.60 Å². The van der Waals surface area contributed by atoms with Gasteiger partial charge in [-0.2, -0.15) is 0 Å². The van der Waals surface area contributed by atoms with Crippen molar-refractivity contribution < 1.29 is 4.74 Å². The molecule has 0 aromatic heterocycles. The Kier molecular flexibility index (Phi) is 3.96. The number of halogens is 3. The van der Waals surface area contributed by atoms with Gasteiger partial charge in [-0.3, -0.25) is 0 Å². The third-order valence-electron chi connectivity index (χ3n) is 2.67. The highest BCUT2D eigenvalue weighted by Gasteiger charge is 2.46. The van der Waals surface area contributed by atoms with Crippen molar-refractivity contribution in [2.75, 3.05) is 0 Å².